The highest BCUT2D eigenvalue weighted by molar-refractivity contribution is 5.83. The Balaban J connectivity index is 1.66. The molecule has 2 heterocycles. The fraction of sp³-hybridized carbons (Fsp3) is 0.481. The third kappa shape index (κ3) is 4.17. The van der Waals surface area contributed by atoms with Gasteiger partial charge in [-0.3, -0.25) is 4.79 Å². The third-order valence-corrected chi connectivity index (χ3v) is 7.41. The molecule has 7 heteroatoms. The Labute approximate surface area is 199 Å². The maximum absolute atomic E-state index is 14.3. The Morgan fingerprint density at radius 3 is 2.79 bits per heavy atom. The molecule has 5 rings (SSSR count). The van der Waals surface area contributed by atoms with Gasteiger partial charge >= 0.3 is 5.97 Å². The number of rotatable bonds is 6. The summed E-state index contributed by atoms with van der Waals surface area (Å²) in [7, 11) is 2.90. The SMILES string of the molecule is COC(=O)C(Cn1c(C2CCCCC2)nc2c3c(ccc21)CCNC3)c1cc(F)ccc1OC. The largest absolute Gasteiger partial charge is 0.496 e. The van der Waals surface area contributed by atoms with Gasteiger partial charge in [-0.1, -0.05) is 25.3 Å². The highest BCUT2D eigenvalue weighted by atomic mass is 19.1. The first kappa shape index (κ1) is 22.8. The van der Waals surface area contributed by atoms with E-state index in [4.69, 9.17) is 14.5 Å². The molecule has 0 bridgehead atoms. The first-order chi connectivity index (χ1) is 16.6. The van der Waals surface area contributed by atoms with Gasteiger partial charge in [0.15, 0.2) is 0 Å². The first-order valence-corrected chi connectivity index (χ1v) is 12.2. The second-order valence-corrected chi connectivity index (χ2v) is 9.38. The lowest BCUT2D eigenvalue weighted by Crippen LogP contribution is -2.24. The number of halogens is 1. The van der Waals surface area contributed by atoms with Gasteiger partial charge in [0.1, 0.15) is 23.3 Å². The molecule has 180 valence electrons. The predicted octanol–water partition coefficient (Wildman–Crippen LogP) is 4.83. The van der Waals surface area contributed by atoms with Crippen LogP contribution in [-0.2, 0) is 29.0 Å². The zero-order chi connectivity index (χ0) is 23.7. The molecule has 1 saturated carbocycles. The number of benzene rings is 2. The quantitative estimate of drug-likeness (QED) is 0.528. The topological polar surface area (TPSA) is 65.4 Å². The summed E-state index contributed by atoms with van der Waals surface area (Å²) in [5.74, 6) is 0.304. The lowest BCUT2D eigenvalue weighted by atomic mass is 9.88. The lowest BCUT2D eigenvalue weighted by molar-refractivity contribution is -0.142. The molecule has 1 aliphatic heterocycles. The average molecular weight is 466 g/mol. The van der Waals surface area contributed by atoms with Gasteiger partial charge in [-0.15, -0.1) is 0 Å². The second-order valence-electron chi connectivity index (χ2n) is 9.38. The van der Waals surface area contributed by atoms with Crippen LogP contribution in [0.4, 0.5) is 4.39 Å². The molecule has 0 spiro atoms. The number of hydrogen-bond acceptors (Lipinski definition) is 5. The van der Waals surface area contributed by atoms with Crippen molar-refractivity contribution in [1.29, 1.82) is 0 Å². The minimum absolute atomic E-state index is 0.320. The molecule has 1 atom stereocenters. The Hall–Kier alpha value is -2.93. The minimum Gasteiger partial charge on any atom is -0.496 e. The lowest BCUT2D eigenvalue weighted by Gasteiger charge is -2.25. The molecule has 2 aliphatic rings. The van der Waals surface area contributed by atoms with Gasteiger partial charge in [0.2, 0.25) is 0 Å². The van der Waals surface area contributed by atoms with E-state index in [1.54, 1.807) is 6.07 Å². The summed E-state index contributed by atoms with van der Waals surface area (Å²) in [6.07, 6.45) is 6.80. The predicted molar refractivity (Wildman–Crippen MR) is 129 cm³/mol. The van der Waals surface area contributed by atoms with Crippen molar-refractivity contribution in [2.75, 3.05) is 20.8 Å². The van der Waals surface area contributed by atoms with Crippen molar-refractivity contribution in [2.45, 2.75) is 63.5 Å². The number of carbonyl (C=O) groups excluding carboxylic acids is 1. The molecular weight excluding hydrogens is 433 g/mol. The summed E-state index contributed by atoms with van der Waals surface area (Å²) in [4.78, 5) is 18.2. The minimum atomic E-state index is -0.718. The van der Waals surface area contributed by atoms with Crippen LogP contribution in [0.3, 0.4) is 0 Å². The monoisotopic (exact) mass is 465 g/mol. The number of fused-ring (bicyclic) bond motifs is 3. The van der Waals surface area contributed by atoms with E-state index in [1.807, 2.05) is 0 Å². The van der Waals surface area contributed by atoms with Crippen molar-refractivity contribution in [2.24, 2.45) is 0 Å². The van der Waals surface area contributed by atoms with Crippen LogP contribution in [-0.4, -0.2) is 36.3 Å². The number of esters is 1. The second kappa shape index (κ2) is 9.74. The molecule has 0 amide bonds. The van der Waals surface area contributed by atoms with Crippen molar-refractivity contribution in [3.8, 4) is 5.75 Å². The maximum atomic E-state index is 14.3. The molecule has 6 nitrogen and oxygen atoms in total. The van der Waals surface area contributed by atoms with E-state index < -0.39 is 17.7 Å². The van der Waals surface area contributed by atoms with Gasteiger partial charge in [0, 0.05) is 24.6 Å². The van der Waals surface area contributed by atoms with Gasteiger partial charge in [0.25, 0.3) is 0 Å². The van der Waals surface area contributed by atoms with E-state index >= 15 is 0 Å². The normalized spacial score (nSPS) is 17.4. The highest BCUT2D eigenvalue weighted by Gasteiger charge is 2.31. The number of hydrogen-bond donors (Lipinski definition) is 1. The number of imidazole rings is 1. The fourth-order valence-corrected chi connectivity index (χ4v) is 5.64. The van der Waals surface area contributed by atoms with E-state index in [-0.39, 0.29) is 0 Å². The number of methoxy groups -OCH3 is 2. The Morgan fingerprint density at radius 1 is 1.21 bits per heavy atom. The van der Waals surface area contributed by atoms with Crippen molar-refractivity contribution in [3.63, 3.8) is 0 Å². The van der Waals surface area contributed by atoms with Crippen molar-refractivity contribution in [3.05, 3.63) is 58.7 Å². The fourth-order valence-electron chi connectivity index (χ4n) is 5.64. The van der Waals surface area contributed by atoms with Gasteiger partial charge in [0.05, 0.1) is 25.3 Å². The highest BCUT2D eigenvalue weighted by Crippen LogP contribution is 2.38. The van der Waals surface area contributed by atoms with Crippen LogP contribution in [0.1, 0.15) is 66.5 Å². The summed E-state index contributed by atoms with van der Waals surface area (Å²) in [5, 5.41) is 3.48. The Morgan fingerprint density at radius 2 is 2.03 bits per heavy atom. The summed E-state index contributed by atoms with van der Waals surface area (Å²) in [6.45, 7) is 2.09. The molecular formula is C27H32FN3O3. The van der Waals surface area contributed by atoms with Crippen LogP contribution in [0.2, 0.25) is 0 Å². The van der Waals surface area contributed by atoms with Crippen molar-refractivity contribution in [1.82, 2.24) is 14.9 Å². The summed E-state index contributed by atoms with van der Waals surface area (Å²) in [5.41, 5.74) is 5.11. The molecule has 0 saturated heterocycles. The Bertz CT molecular complexity index is 1200. The van der Waals surface area contributed by atoms with Crippen LogP contribution >= 0.6 is 0 Å². The molecule has 0 radical (unpaired) electrons. The molecule has 1 fully saturated rings. The van der Waals surface area contributed by atoms with Gasteiger partial charge in [-0.25, -0.2) is 9.37 Å². The smallest absolute Gasteiger partial charge is 0.315 e. The summed E-state index contributed by atoms with van der Waals surface area (Å²) < 4.78 is 27.1. The van der Waals surface area contributed by atoms with Crippen LogP contribution in [0.25, 0.3) is 11.0 Å². The summed E-state index contributed by atoms with van der Waals surface area (Å²) >= 11 is 0. The van der Waals surface area contributed by atoms with Gasteiger partial charge in [-0.05, 0) is 61.2 Å². The standard InChI is InChI=1S/C27H32FN3O3/c1-33-24-11-9-19(28)14-20(24)22(27(32)34-2)16-31-23-10-8-17-12-13-29-15-21(17)25(23)30-26(31)18-6-4-3-5-7-18/h8-11,14,18,22,29H,3-7,12-13,15-16H2,1-2H3. The summed E-state index contributed by atoms with van der Waals surface area (Å²) in [6, 6.07) is 8.62. The van der Waals surface area contributed by atoms with E-state index in [9.17, 15) is 9.18 Å². The maximum Gasteiger partial charge on any atom is 0.315 e. The van der Waals surface area contributed by atoms with Gasteiger partial charge in [-0.2, -0.15) is 0 Å². The molecule has 2 aromatic carbocycles. The average Bonchev–Trinajstić information content (AvgIpc) is 3.26. The molecule has 1 aliphatic carbocycles. The molecule has 1 unspecified atom stereocenters. The number of nitrogens with one attached hydrogen (secondary N) is 1. The van der Waals surface area contributed by atoms with Crippen molar-refractivity contribution < 1.29 is 18.7 Å². The zero-order valence-electron chi connectivity index (χ0n) is 19.9. The molecule has 3 aromatic rings. The zero-order valence-corrected chi connectivity index (χ0v) is 19.9. The number of aromatic nitrogens is 2. The molecule has 1 N–H and O–H groups in total. The van der Waals surface area contributed by atoms with Crippen LogP contribution < -0.4 is 10.1 Å². The van der Waals surface area contributed by atoms with Crippen LogP contribution in [0, 0.1) is 5.82 Å². The van der Waals surface area contributed by atoms with E-state index in [1.165, 1.54) is 56.7 Å². The molecule has 34 heavy (non-hydrogen) atoms. The first-order valence-electron chi connectivity index (χ1n) is 12.2. The third-order valence-electron chi connectivity index (χ3n) is 7.41. The van der Waals surface area contributed by atoms with Gasteiger partial charge < -0.3 is 19.4 Å². The Kier molecular flexibility index (Phi) is 6.55. The number of nitrogens with zero attached hydrogens (tertiary/aromatic N) is 2. The number of carbonyl (C=O) groups is 1. The van der Waals surface area contributed by atoms with E-state index in [2.05, 4.69) is 22.0 Å². The molecule has 1 aromatic heterocycles. The van der Waals surface area contributed by atoms with E-state index in [0.717, 1.165) is 49.2 Å². The van der Waals surface area contributed by atoms with E-state index in [0.29, 0.717) is 23.8 Å². The van der Waals surface area contributed by atoms with Crippen molar-refractivity contribution >= 4 is 17.0 Å². The van der Waals surface area contributed by atoms with Crippen LogP contribution in [0.15, 0.2) is 30.3 Å². The van der Waals surface area contributed by atoms with Crippen LogP contribution in [0.5, 0.6) is 5.75 Å². The number of ether oxygens (including phenoxy) is 2.